The normalized spacial score (nSPS) is 30.6. The molecule has 0 radical (unpaired) electrons. The topological polar surface area (TPSA) is 38.9 Å². The molecule has 106 valence electrons. The van der Waals surface area contributed by atoms with E-state index in [1.807, 2.05) is 6.92 Å². The predicted octanol–water partition coefficient (Wildman–Crippen LogP) is 4.15. The fraction of sp³-hybridized carbons (Fsp3) is 0.500. The van der Waals surface area contributed by atoms with Crippen LogP contribution < -0.4 is 5.73 Å². The molecule has 1 saturated carbocycles. The predicted molar refractivity (Wildman–Crippen MR) is 84.5 cm³/mol. The second-order valence-corrected chi connectivity index (χ2v) is 6.69. The van der Waals surface area contributed by atoms with Gasteiger partial charge in [0.2, 0.25) is 0 Å². The van der Waals surface area contributed by atoms with Gasteiger partial charge in [-0.1, -0.05) is 32.4 Å². The summed E-state index contributed by atoms with van der Waals surface area (Å²) < 4.78 is 0. The highest BCUT2D eigenvalue weighted by molar-refractivity contribution is 5.79. The van der Waals surface area contributed by atoms with Crippen LogP contribution in [0.4, 0.5) is 0 Å². The van der Waals surface area contributed by atoms with Crippen molar-refractivity contribution in [2.75, 3.05) is 0 Å². The lowest BCUT2D eigenvalue weighted by atomic mass is 9.67. The SMILES string of the molecule is Cc1ccc2cc(C3(N)CC(C)CCC3C)ccc2n1. The van der Waals surface area contributed by atoms with Crippen LogP contribution in [0.5, 0.6) is 0 Å². The molecule has 3 unspecified atom stereocenters. The van der Waals surface area contributed by atoms with Gasteiger partial charge in [-0.2, -0.15) is 0 Å². The molecule has 0 spiro atoms. The molecule has 0 aliphatic heterocycles. The lowest BCUT2D eigenvalue weighted by Gasteiger charge is -2.43. The summed E-state index contributed by atoms with van der Waals surface area (Å²) in [6.45, 7) is 6.64. The van der Waals surface area contributed by atoms with Gasteiger partial charge in [0.15, 0.2) is 0 Å². The van der Waals surface area contributed by atoms with Crippen molar-refractivity contribution in [1.29, 1.82) is 0 Å². The second-order valence-electron chi connectivity index (χ2n) is 6.69. The van der Waals surface area contributed by atoms with Crippen LogP contribution in [-0.2, 0) is 5.54 Å². The average molecular weight is 268 g/mol. The number of rotatable bonds is 1. The molecule has 1 aromatic carbocycles. The minimum Gasteiger partial charge on any atom is -0.321 e. The van der Waals surface area contributed by atoms with E-state index in [4.69, 9.17) is 5.73 Å². The Labute approximate surface area is 121 Å². The average Bonchev–Trinajstić information content (AvgIpc) is 2.42. The molecule has 2 nitrogen and oxygen atoms in total. The van der Waals surface area contributed by atoms with E-state index in [0.717, 1.165) is 17.6 Å². The molecule has 0 bridgehead atoms. The van der Waals surface area contributed by atoms with Crippen LogP contribution in [-0.4, -0.2) is 4.98 Å². The number of pyridine rings is 1. The van der Waals surface area contributed by atoms with Crippen molar-refractivity contribution >= 4 is 10.9 Å². The molecule has 2 N–H and O–H groups in total. The Morgan fingerprint density at radius 2 is 1.95 bits per heavy atom. The Hall–Kier alpha value is -1.41. The first-order valence-electron chi connectivity index (χ1n) is 7.66. The van der Waals surface area contributed by atoms with Gasteiger partial charge in [-0.25, -0.2) is 0 Å². The molecule has 1 aromatic heterocycles. The van der Waals surface area contributed by atoms with Gasteiger partial charge in [0.25, 0.3) is 0 Å². The van der Waals surface area contributed by atoms with Gasteiger partial charge in [-0.3, -0.25) is 4.98 Å². The molecule has 20 heavy (non-hydrogen) atoms. The minimum absolute atomic E-state index is 0.184. The summed E-state index contributed by atoms with van der Waals surface area (Å²) in [7, 11) is 0. The van der Waals surface area contributed by atoms with E-state index < -0.39 is 0 Å². The Morgan fingerprint density at radius 1 is 1.15 bits per heavy atom. The summed E-state index contributed by atoms with van der Waals surface area (Å²) in [5.74, 6) is 1.25. The molecular formula is C18H24N2. The Bertz CT molecular complexity index is 634. The zero-order valence-corrected chi connectivity index (χ0v) is 12.7. The summed E-state index contributed by atoms with van der Waals surface area (Å²) in [4.78, 5) is 4.58. The largest absolute Gasteiger partial charge is 0.321 e. The van der Waals surface area contributed by atoms with Crippen molar-refractivity contribution in [3.05, 3.63) is 41.6 Å². The summed E-state index contributed by atoms with van der Waals surface area (Å²) in [6, 6.07) is 10.8. The van der Waals surface area contributed by atoms with Crippen LogP contribution in [0, 0.1) is 18.8 Å². The molecule has 0 amide bonds. The van der Waals surface area contributed by atoms with Crippen LogP contribution >= 0.6 is 0 Å². The molecular weight excluding hydrogens is 244 g/mol. The maximum Gasteiger partial charge on any atom is 0.0705 e. The van der Waals surface area contributed by atoms with E-state index in [1.54, 1.807) is 0 Å². The number of fused-ring (bicyclic) bond motifs is 1. The van der Waals surface area contributed by atoms with Crippen molar-refractivity contribution in [3.8, 4) is 0 Å². The third-order valence-electron chi connectivity index (χ3n) is 5.02. The van der Waals surface area contributed by atoms with Crippen molar-refractivity contribution in [1.82, 2.24) is 4.98 Å². The summed E-state index contributed by atoms with van der Waals surface area (Å²) in [5, 5.41) is 1.20. The number of hydrogen-bond acceptors (Lipinski definition) is 2. The van der Waals surface area contributed by atoms with Gasteiger partial charge >= 0.3 is 0 Å². The number of nitrogens with zero attached hydrogens (tertiary/aromatic N) is 1. The van der Waals surface area contributed by atoms with Gasteiger partial charge in [0.05, 0.1) is 5.52 Å². The molecule has 2 heteroatoms. The molecule has 2 aromatic rings. The number of aromatic nitrogens is 1. The van der Waals surface area contributed by atoms with E-state index in [2.05, 4.69) is 49.2 Å². The van der Waals surface area contributed by atoms with E-state index in [-0.39, 0.29) is 5.54 Å². The van der Waals surface area contributed by atoms with Gasteiger partial charge in [-0.05, 0) is 55.4 Å². The third-order valence-corrected chi connectivity index (χ3v) is 5.02. The van der Waals surface area contributed by atoms with Crippen LogP contribution in [0.15, 0.2) is 30.3 Å². The Balaban J connectivity index is 2.06. The molecule has 1 heterocycles. The van der Waals surface area contributed by atoms with Crippen molar-refractivity contribution in [3.63, 3.8) is 0 Å². The standard InChI is InChI=1S/C18H24N2/c1-12-4-5-13(2)18(19,11-12)16-8-9-17-15(10-16)7-6-14(3)20-17/h6-10,12-13H,4-5,11,19H2,1-3H3. The number of benzene rings is 1. The van der Waals surface area contributed by atoms with E-state index in [0.29, 0.717) is 11.8 Å². The first-order chi connectivity index (χ1) is 9.49. The van der Waals surface area contributed by atoms with Crippen LogP contribution in [0.2, 0.25) is 0 Å². The Kier molecular flexibility index (Phi) is 3.29. The summed E-state index contributed by atoms with van der Waals surface area (Å²) in [5.41, 5.74) is 10.0. The molecule has 3 rings (SSSR count). The van der Waals surface area contributed by atoms with Gasteiger partial charge in [0, 0.05) is 16.6 Å². The highest BCUT2D eigenvalue weighted by atomic mass is 14.8. The van der Waals surface area contributed by atoms with E-state index >= 15 is 0 Å². The van der Waals surface area contributed by atoms with Crippen molar-refractivity contribution < 1.29 is 0 Å². The summed E-state index contributed by atoms with van der Waals surface area (Å²) >= 11 is 0. The Morgan fingerprint density at radius 3 is 2.75 bits per heavy atom. The number of hydrogen-bond donors (Lipinski definition) is 1. The number of aryl methyl sites for hydroxylation is 1. The maximum atomic E-state index is 6.81. The molecule has 3 atom stereocenters. The molecule has 1 fully saturated rings. The van der Waals surface area contributed by atoms with Crippen molar-refractivity contribution in [2.24, 2.45) is 17.6 Å². The van der Waals surface area contributed by atoms with Crippen molar-refractivity contribution in [2.45, 2.75) is 45.6 Å². The van der Waals surface area contributed by atoms with Crippen LogP contribution in [0.3, 0.4) is 0 Å². The second kappa shape index (κ2) is 4.85. The first kappa shape index (κ1) is 13.6. The molecule has 0 saturated heterocycles. The lowest BCUT2D eigenvalue weighted by molar-refractivity contribution is 0.162. The third kappa shape index (κ3) is 2.22. The smallest absolute Gasteiger partial charge is 0.0705 e. The highest BCUT2D eigenvalue weighted by Gasteiger charge is 2.38. The molecule has 1 aliphatic carbocycles. The zero-order valence-electron chi connectivity index (χ0n) is 12.7. The van der Waals surface area contributed by atoms with Gasteiger partial charge in [0.1, 0.15) is 0 Å². The van der Waals surface area contributed by atoms with Gasteiger partial charge < -0.3 is 5.73 Å². The highest BCUT2D eigenvalue weighted by Crippen LogP contribution is 2.42. The van der Waals surface area contributed by atoms with Gasteiger partial charge in [-0.15, -0.1) is 0 Å². The van der Waals surface area contributed by atoms with E-state index in [1.165, 1.54) is 23.8 Å². The van der Waals surface area contributed by atoms with E-state index in [9.17, 15) is 0 Å². The quantitative estimate of drug-likeness (QED) is 0.843. The fourth-order valence-electron chi connectivity index (χ4n) is 3.59. The first-order valence-corrected chi connectivity index (χ1v) is 7.66. The molecule has 1 aliphatic rings. The van der Waals surface area contributed by atoms with Crippen LogP contribution in [0.25, 0.3) is 10.9 Å². The fourth-order valence-corrected chi connectivity index (χ4v) is 3.59. The van der Waals surface area contributed by atoms with Crippen LogP contribution in [0.1, 0.15) is 44.4 Å². The minimum atomic E-state index is -0.184. The number of nitrogens with two attached hydrogens (primary N) is 1. The monoisotopic (exact) mass is 268 g/mol. The lowest BCUT2D eigenvalue weighted by Crippen LogP contribution is -2.47. The maximum absolute atomic E-state index is 6.81. The zero-order chi connectivity index (χ0) is 14.3. The summed E-state index contributed by atoms with van der Waals surface area (Å²) in [6.07, 6.45) is 3.61.